The van der Waals surface area contributed by atoms with Gasteiger partial charge in [0, 0.05) is 0 Å². The number of hydrogen-bond acceptors (Lipinski definition) is 0. The van der Waals surface area contributed by atoms with Gasteiger partial charge in [-0.05, 0) is 38.5 Å². The van der Waals surface area contributed by atoms with Gasteiger partial charge in [0.05, 0.1) is 0 Å². The summed E-state index contributed by atoms with van der Waals surface area (Å²) in [5.74, 6) is 0. The molecule has 0 aromatic carbocycles. The van der Waals surface area contributed by atoms with E-state index in [1.807, 2.05) is 6.92 Å². The van der Waals surface area contributed by atoms with E-state index >= 15 is 0 Å². The molecule has 0 spiro atoms. The fourth-order valence-corrected chi connectivity index (χ4v) is 2.64. The maximum absolute atomic E-state index is 2.44. The van der Waals surface area contributed by atoms with Gasteiger partial charge in [0.15, 0.2) is 0 Å². The Bertz CT molecular complexity index is 260. The van der Waals surface area contributed by atoms with E-state index in [1.54, 1.807) is 0 Å². The monoisotopic (exact) mass is 234 g/mol. The van der Waals surface area contributed by atoms with Crippen molar-refractivity contribution in [2.24, 2.45) is 5.41 Å². The maximum Gasteiger partial charge on any atom is -0.0266 e. The van der Waals surface area contributed by atoms with Crippen LogP contribution in [0, 0.1) is 5.41 Å². The van der Waals surface area contributed by atoms with Gasteiger partial charge in [-0.2, -0.15) is 0 Å². The van der Waals surface area contributed by atoms with Crippen LogP contribution in [0.1, 0.15) is 66.7 Å². The third kappa shape index (κ3) is 8.01. The van der Waals surface area contributed by atoms with E-state index in [0.29, 0.717) is 5.41 Å². The lowest BCUT2D eigenvalue weighted by Gasteiger charge is -2.29. The molecule has 0 N–H and O–H groups in total. The fraction of sp³-hybridized carbons (Fsp3) is 0.647. The zero-order valence-electron chi connectivity index (χ0n) is 12.4. The first-order valence-corrected chi connectivity index (χ1v) is 7.03. The molecular weight excluding hydrogens is 204 g/mol. The first-order valence-electron chi connectivity index (χ1n) is 7.03. The van der Waals surface area contributed by atoms with E-state index in [0.717, 1.165) is 0 Å². The van der Waals surface area contributed by atoms with Gasteiger partial charge in [0.25, 0.3) is 0 Å². The molecule has 98 valence electrons. The lowest BCUT2D eigenvalue weighted by molar-refractivity contribution is 0.263. The second-order valence-corrected chi connectivity index (χ2v) is 5.41. The zero-order valence-corrected chi connectivity index (χ0v) is 12.4. The Balaban J connectivity index is 4.43. The summed E-state index contributed by atoms with van der Waals surface area (Å²) in [4.78, 5) is 0. The molecule has 0 saturated heterocycles. The largest absolute Gasteiger partial charge is 0.0877 e. The van der Waals surface area contributed by atoms with E-state index in [9.17, 15) is 0 Å². The SMILES string of the molecule is C\C=C/C=C\C=C(/C)CC(C)(CCC)CCC. The van der Waals surface area contributed by atoms with Gasteiger partial charge >= 0.3 is 0 Å². The van der Waals surface area contributed by atoms with Crippen LogP contribution < -0.4 is 0 Å². The molecule has 0 aromatic rings. The number of rotatable bonds is 8. The quantitative estimate of drug-likeness (QED) is 0.448. The fourth-order valence-electron chi connectivity index (χ4n) is 2.64. The predicted octanol–water partition coefficient (Wildman–Crippen LogP) is 6.06. The van der Waals surface area contributed by atoms with Crippen molar-refractivity contribution in [1.29, 1.82) is 0 Å². The summed E-state index contributed by atoms with van der Waals surface area (Å²) in [6.07, 6.45) is 17.1. The van der Waals surface area contributed by atoms with Gasteiger partial charge in [0.1, 0.15) is 0 Å². The molecule has 0 atom stereocenters. The molecule has 0 fully saturated rings. The van der Waals surface area contributed by atoms with Crippen LogP contribution in [0.25, 0.3) is 0 Å². The Morgan fingerprint density at radius 3 is 2.06 bits per heavy atom. The van der Waals surface area contributed by atoms with Crippen molar-refractivity contribution in [3.05, 3.63) is 36.0 Å². The van der Waals surface area contributed by atoms with Crippen molar-refractivity contribution in [3.8, 4) is 0 Å². The van der Waals surface area contributed by atoms with Crippen molar-refractivity contribution >= 4 is 0 Å². The summed E-state index contributed by atoms with van der Waals surface area (Å²) >= 11 is 0. The summed E-state index contributed by atoms with van der Waals surface area (Å²) in [6.45, 7) is 11.3. The summed E-state index contributed by atoms with van der Waals surface area (Å²) in [5.41, 5.74) is 1.99. The topological polar surface area (TPSA) is 0 Å². The van der Waals surface area contributed by atoms with Crippen LogP contribution >= 0.6 is 0 Å². The van der Waals surface area contributed by atoms with E-state index in [4.69, 9.17) is 0 Å². The Labute approximate surface area is 109 Å². The predicted molar refractivity (Wildman–Crippen MR) is 80.3 cm³/mol. The maximum atomic E-state index is 2.44. The van der Waals surface area contributed by atoms with Gasteiger partial charge in [-0.15, -0.1) is 0 Å². The van der Waals surface area contributed by atoms with Gasteiger partial charge < -0.3 is 0 Å². The lowest BCUT2D eigenvalue weighted by atomic mass is 9.76. The van der Waals surface area contributed by atoms with Crippen LogP contribution in [0.4, 0.5) is 0 Å². The zero-order chi connectivity index (χ0) is 13.1. The molecule has 0 heterocycles. The minimum absolute atomic E-state index is 0.499. The van der Waals surface area contributed by atoms with Crippen LogP contribution in [-0.4, -0.2) is 0 Å². The summed E-state index contributed by atoms with van der Waals surface area (Å²) in [5, 5.41) is 0. The van der Waals surface area contributed by atoms with Crippen molar-refractivity contribution < 1.29 is 0 Å². The highest BCUT2D eigenvalue weighted by atomic mass is 14.3. The molecule has 0 saturated carbocycles. The van der Waals surface area contributed by atoms with Crippen LogP contribution in [0.5, 0.6) is 0 Å². The third-order valence-electron chi connectivity index (χ3n) is 3.21. The smallest absolute Gasteiger partial charge is 0.0266 e. The molecule has 0 rings (SSSR count). The van der Waals surface area contributed by atoms with Crippen molar-refractivity contribution in [2.75, 3.05) is 0 Å². The van der Waals surface area contributed by atoms with E-state index in [1.165, 1.54) is 37.7 Å². The molecule has 0 radical (unpaired) electrons. The average molecular weight is 234 g/mol. The molecule has 0 amide bonds. The molecule has 0 bridgehead atoms. The molecule has 0 aromatic heterocycles. The average Bonchev–Trinajstić information content (AvgIpc) is 2.24. The third-order valence-corrected chi connectivity index (χ3v) is 3.21. The Kier molecular flexibility index (Phi) is 8.85. The van der Waals surface area contributed by atoms with E-state index < -0.39 is 0 Å². The molecule has 0 aliphatic carbocycles. The first-order chi connectivity index (χ1) is 8.08. The standard InChI is InChI=1S/C17H30/c1-6-9-10-11-12-16(4)15-17(5,13-7-2)14-8-3/h6,9-12H,7-8,13-15H2,1-5H3/b9-6-,11-10-,16-12+. The molecule has 0 heteroatoms. The summed E-state index contributed by atoms with van der Waals surface area (Å²) < 4.78 is 0. The second-order valence-electron chi connectivity index (χ2n) is 5.41. The highest BCUT2D eigenvalue weighted by Crippen LogP contribution is 2.35. The highest BCUT2D eigenvalue weighted by Gasteiger charge is 2.22. The minimum Gasteiger partial charge on any atom is -0.0877 e. The van der Waals surface area contributed by atoms with Crippen molar-refractivity contribution in [2.45, 2.75) is 66.7 Å². The summed E-state index contributed by atoms with van der Waals surface area (Å²) in [6, 6.07) is 0. The Morgan fingerprint density at radius 2 is 1.59 bits per heavy atom. The van der Waals surface area contributed by atoms with Gasteiger partial charge in [0.2, 0.25) is 0 Å². The normalized spacial score (nSPS) is 14.1. The van der Waals surface area contributed by atoms with E-state index in [-0.39, 0.29) is 0 Å². The molecule has 0 nitrogen and oxygen atoms in total. The molecular formula is C17H30. The van der Waals surface area contributed by atoms with Crippen LogP contribution in [0.2, 0.25) is 0 Å². The van der Waals surface area contributed by atoms with Crippen molar-refractivity contribution in [1.82, 2.24) is 0 Å². The first kappa shape index (κ1) is 16.2. The molecule has 0 aliphatic rings. The minimum atomic E-state index is 0.499. The molecule has 0 unspecified atom stereocenters. The Hall–Kier alpha value is -0.780. The van der Waals surface area contributed by atoms with Crippen molar-refractivity contribution in [3.63, 3.8) is 0 Å². The molecule has 0 aliphatic heterocycles. The molecule has 17 heavy (non-hydrogen) atoms. The van der Waals surface area contributed by atoms with E-state index in [2.05, 4.69) is 58.1 Å². The van der Waals surface area contributed by atoms with Crippen LogP contribution in [0.3, 0.4) is 0 Å². The summed E-state index contributed by atoms with van der Waals surface area (Å²) in [7, 11) is 0. The van der Waals surface area contributed by atoms with Crippen LogP contribution in [-0.2, 0) is 0 Å². The van der Waals surface area contributed by atoms with Gasteiger partial charge in [-0.3, -0.25) is 0 Å². The van der Waals surface area contributed by atoms with Gasteiger partial charge in [-0.1, -0.05) is 69.6 Å². The lowest BCUT2D eigenvalue weighted by Crippen LogP contribution is -2.16. The highest BCUT2D eigenvalue weighted by molar-refractivity contribution is 5.16. The Morgan fingerprint density at radius 1 is 1.00 bits per heavy atom. The van der Waals surface area contributed by atoms with Crippen LogP contribution in [0.15, 0.2) is 36.0 Å². The number of hydrogen-bond donors (Lipinski definition) is 0. The van der Waals surface area contributed by atoms with Gasteiger partial charge in [-0.25, -0.2) is 0 Å². The second kappa shape index (κ2) is 9.27. The number of allylic oxidation sites excluding steroid dienone is 6.